The summed E-state index contributed by atoms with van der Waals surface area (Å²) >= 11 is 1.68. The zero-order valence-corrected chi connectivity index (χ0v) is 9.58. The molecule has 15 heavy (non-hydrogen) atoms. The first-order chi connectivity index (χ1) is 7.36. The summed E-state index contributed by atoms with van der Waals surface area (Å²) in [5.74, 6) is 0. The third kappa shape index (κ3) is 1.83. The first-order valence-corrected chi connectivity index (χ1v) is 5.67. The quantitative estimate of drug-likeness (QED) is 0.764. The zero-order valence-electron chi connectivity index (χ0n) is 8.77. The molecule has 0 amide bonds. The van der Waals surface area contributed by atoms with Crippen LogP contribution < -0.4 is 0 Å². The van der Waals surface area contributed by atoms with E-state index in [1.165, 1.54) is 10.4 Å². The highest BCUT2D eigenvalue weighted by Gasteiger charge is 2.08. The van der Waals surface area contributed by atoms with Crippen LogP contribution in [0.1, 0.15) is 24.3 Å². The average Bonchev–Trinajstić information content (AvgIpc) is 2.59. The van der Waals surface area contributed by atoms with Gasteiger partial charge in [0, 0.05) is 22.8 Å². The Kier molecular flexibility index (Phi) is 2.92. The zero-order chi connectivity index (χ0) is 10.7. The molecule has 2 nitrogen and oxygen atoms in total. The smallest absolute Gasteiger partial charge is 0.143 e. The molecule has 76 valence electrons. The molecule has 0 aliphatic heterocycles. The molecule has 3 heteroatoms. The van der Waals surface area contributed by atoms with Gasteiger partial charge in [0.25, 0.3) is 0 Å². The Hall–Kier alpha value is -1.48. The van der Waals surface area contributed by atoms with E-state index in [-0.39, 0.29) is 0 Å². The lowest BCUT2D eigenvalue weighted by atomic mass is 10.2. The molecule has 0 radical (unpaired) electrons. The molecular formula is C12H12N2S. The van der Waals surface area contributed by atoms with Crippen LogP contribution in [0.2, 0.25) is 0 Å². The monoisotopic (exact) mass is 216 g/mol. The van der Waals surface area contributed by atoms with Gasteiger partial charge in [-0.15, -0.1) is 11.3 Å². The van der Waals surface area contributed by atoms with Crippen LogP contribution in [0.5, 0.6) is 0 Å². The van der Waals surface area contributed by atoms with Crippen LogP contribution in [0.3, 0.4) is 0 Å². The predicted octanol–water partition coefficient (Wildman–Crippen LogP) is 3.76. The summed E-state index contributed by atoms with van der Waals surface area (Å²) in [6.07, 6.45) is 11.7. The van der Waals surface area contributed by atoms with Crippen molar-refractivity contribution in [1.82, 2.24) is 9.97 Å². The van der Waals surface area contributed by atoms with Crippen LogP contribution in [0.15, 0.2) is 24.5 Å². The maximum absolute atomic E-state index is 4.37. The van der Waals surface area contributed by atoms with Crippen molar-refractivity contribution in [2.45, 2.75) is 13.8 Å². The maximum atomic E-state index is 4.37. The fraction of sp³-hybridized carbons (Fsp3) is 0.167. The molecule has 0 saturated heterocycles. The van der Waals surface area contributed by atoms with Gasteiger partial charge in [-0.25, -0.2) is 4.98 Å². The van der Waals surface area contributed by atoms with Crippen molar-refractivity contribution in [3.63, 3.8) is 0 Å². The van der Waals surface area contributed by atoms with Crippen molar-refractivity contribution in [3.8, 4) is 0 Å². The minimum absolute atomic E-state index is 0.994. The van der Waals surface area contributed by atoms with E-state index in [1.807, 2.05) is 26.0 Å². The molecule has 2 aromatic rings. The molecule has 2 heterocycles. The number of allylic oxidation sites excluding steroid dienone is 2. The first kappa shape index (κ1) is 10.1. The number of hydrogen-bond acceptors (Lipinski definition) is 3. The van der Waals surface area contributed by atoms with Gasteiger partial charge in [-0.3, -0.25) is 4.98 Å². The van der Waals surface area contributed by atoms with Gasteiger partial charge >= 0.3 is 0 Å². The van der Waals surface area contributed by atoms with Gasteiger partial charge in [0.05, 0.1) is 0 Å². The van der Waals surface area contributed by atoms with Gasteiger partial charge in [0.1, 0.15) is 10.3 Å². The van der Waals surface area contributed by atoms with E-state index in [4.69, 9.17) is 0 Å². The Morgan fingerprint density at radius 1 is 1.07 bits per heavy atom. The van der Waals surface area contributed by atoms with E-state index in [9.17, 15) is 0 Å². The second-order valence-corrected chi connectivity index (χ2v) is 4.12. The summed E-state index contributed by atoms with van der Waals surface area (Å²) in [7, 11) is 0. The molecular weight excluding hydrogens is 204 g/mol. The van der Waals surface area contributed by atoms with E-state index in [2.05, 4.69) is 22.1 Å². The van der Waals surface area contributed by atoms with E-state index in [0.717, 1.165) is 10.3 Å². The van der Waals surface area contributed by atoms with E-state index in [0.29, 0.717) is 0 Å². The minimum atomic E-state index is 0.994. The topological polar surface area (TPSA) is 25.8 Å². The van der Waals surface area contributed by atoms with Crippen LogP contribution >= 0.6 is 11.3 Å². The van der Waals surface area contributed by atoms with Crippen molar-refractivity contribution in [2.75, 3.05) is 0 Å². The molecule has 2 aromatic heterocycles. The SMILES string of the molecule is C/C=C\c1sc2nccnc2c1/C=C/C. The summed E-state index contributed by atoms with van der Waals surface area (Å²) in [5, 5.41) is 0. The third-order valence-electron chi connectivity index (χ3n) is 2.04. The third-order valence-corrected chi connectivity index (χ3v) is 3.11. The van der Waals surface area contributed by atoms with Gasteiger partial charge in [0.15, 0.2) is 0 Å². The molecule has 0 aliphatic carbocycles. The summed E-state index contributed by atoms with van der Waals surface area (Å²) in [6.45, 7) is 4.03. The fourth-order valence-corrected chi connectivity index (χ4v) is 2.52. The van der Waals surface area contributed by atoms with Gasteiger partial charge in [0.2, 0.25) is 0 Å². The summed E-state index contributed by atoms with van der Waals surface area (Å²) in [6, 6.07) is 0. The number of hydrogen-bond donors (Lipinski definition) is 0. The first-order valence-electron chi connectivity index (χ1n) is 4.85. The van der Waals surface area contributed by atoms with Crippen LogP contribution in [0.25, 0.3) is 22.5 Å². The van der Waals surface area contributed by atoms with E-state index < -0.39 is 0 Å². The maximum Gasteiger partial charge on any atom is 0.143 e. The summed E-state index contributed by atoms with van der Waals surface area (Å²) in [4.78, 5) is 10.9. The predicted molar refractivity (Wildman–Crippen MR) is 66.8 cm³/mol. The van der Waals surface area contributed by atoms with Crippen LogP contribution in [0, 0.1) is 0 Å². The second kappa shape index (κ2) is 4.36. The second-order valence-electron chi connectivity index (χ2n) is 3.09. The fourth-order valence-electron chi connectivity index (χ4n) is 1.46. The highest BCUT2D eigenvalue weighted by molar-refractivity contribution is 7.19. The number of rotatable bonds is 2. The Balaban J connectivity index is 2.74. The molecule has 0 unspecified atom stereocenters. The number of thiophene rings is 1. The van der Waals surface area contributed by atoms with Crippen molar-refractivity contribution in [2.24, 2.45) is 0 Å². The number of fused-ring (bicyclic) bond motifs is 1. The molecule has 0 bridgehead atoms. The Morgan fingerprint density at radius 2 is 1.80 bits per heavy atom. The van der Waals surface area contributed by atoms with Gasteiger partial charge < -0.3 is 0 Å². The lowest BCUT2D eigenvalue weighted by Crippen LogP contribution is -1.78. The molecule has 0 aromatic carbocycles. The lowest BCUT2D eigenvalue weighted by molar-refractivity contribution is 1.31. The van der Waals surface area contributed by atoms with E-state index >= 15 is 0 Å². The van der Waals surface area contributed by atoms with Crippen LogP contribution in [0.4, 0.5) is 0 Å². The summed E-state index contributed by atoms with van der Waals surface area (Å²) < 4.78 is 0. The van der Waals surface area contributed by atoms with E-state index in [1.54, 1.807) is 23.7 Å². The van der Waals surface area contributed by atoms with Crippen LogP contribution in [-0.2, 0) is 0 Å². The molecule has 0 aliphatic rings. The van der Waals surface area contributed by atoms with Crippen molar-refractivity contribution in [3.05, 3.63) is 35.0 Å². The number of aromatic nitrogens is 2. The Labute approximate surface area is 93.0 Å². The van der Waals surface area contributed by atoms with Gasteiger partial charge in [-0.2, -0.15) is 0 Å². The molecule has 0 fully saturated rings. The standard InChI is InChI=1S/C12H12N2S/c1-3-5-9-10(6-4-2)15-12-11(9)13-7-8-14-12/h3-8H,1-2H3/b5-3+,6-4-. The lowest BCUT2D eigenvalue weighted by Gasteiger charge is -1.91. The molecule has 0 N–H and O–H groups in total. The Bertz CT molecular complexity index is 523. The minimum Gasteiger partial charge on any atom is -0.251 e. The summed E-state index contributed by atoms with van der Waals surface area (Å²) in [5.41, 5.74) is 2.16. The normalized spacial score (nSPS) is 12.1. The van der Waals surface area contributed by atoms with Crippen LogP contribution in [-0.4, -0.2) is 9.97 Å². The highest BCUT2D eigenvalue weighted by Crippen LogP contribution is 2.30. The van der Waals surface area contributed by atoms with Crippen molar-refractivity contribution < 1.29 is 0 Å². The van der Waals surface area contributed by atoms with Crippen molar-refractivity contribution in [1.29, 1.82) is 0 Å². The molecule has 0 saturated carbocycles. The van der Waals surface area contributed by atoms with Gasteiger partial charge in [-0.05, 0) is 19.9 Å². The highest BCUT2D eigenvalue weighted by atomic mass is 32.1. The Morgan fingerprint density at radius 3 is 2.53 bits per heavy atom. The molecule has 0 atom stereocenters. The largest absolute Gasteiger partial charge is 0.251 e. The van der Waals surface area contributed by atoms with Crippen molar-refractivity contribution >= 4 is 33.8 Å². The van der Waals surface area contributed by atoms with Gasteiger partial charge in [-0.1, -0.05) is 18.2 Å². The average molecular weight is 216 g/mol. The number of nitrogens with zero attached hydrogens (tertiary/aromatic N) is 2. The molecule has 0 spiro atoms. The molecule has 2 rings (SSSR count).